The molecule has 0 aromatic carbocycles. The molecule has 66 heavy (non-hydrogen) atoms. The number of carboxylic acid groups (broad SMARTS) is 3. The molecule has 0 aliphatic carbocycles. The fourth-order valence-electron chi connectivity index (χ4n) is 5.70. The summed E-state index contributed by atoms with van der Waals surface area (Å²) in [5.74, 6) is -13.9. The van der Waals surface area contributed by atoms with Crippen molar-refractivity contribution in [2.75, 3.05) is 32.7 Å². The van der Waals surface area contributed by atoms with Crippen LogP contribution >= 0.6 is 0 Å². The minimum Gasteiger partial charge on any atom is -0.481 e. The first-order valence-corrected chi connectivity index (χ1v) is 20.6. The van der Waals surface area contributed by atoms with Gasteiger partial charge in [0.05, 0.1) is 32.5 Å². The summed E-state index contributed by atoms with van der Waals surface area (Å²) in [6, 6.07) is -9.25. The molecule has 0 aromatic rings. The minimum atomic E-state index is -1.87. The monoisotopic (exact) mass is 944 g/mol. The molecule has 29 heteroatoms. The second-order valence-electron chi connectivity index (χ2n) is 15.1. The molecule has 0 bridgehead atoms. The quantitative estimate of drug-likeness (QED) is 0.0162. The summed E-state index contributed by atoms with van der Waals surface area (Å²) in [5.41, 5.74) is 26.9. The van der Waals surface area contributed by atoms with Crippen LogP contribution < -0.4 is 71.2 Å². The molecule has 0 rings (SSSR count). The number of unbranched alkanes of at least 4 members (excludes halogenated alkanes) is 1. The van der Waals surface area contributed by atoms with Crippen LogP contribution in [0.25, 0.3) is 0 Å². The molecule has 21 N–H and O–H groups in total. The zero-order chi connectivity index (χ0) is 50.5. The van der Waals surface area contributed by atoms with Crippen molar-refractivity contribution in [3.63, 3.8) is 0 Å². The number of aliphatic carboxylic acids is 3. The number of hydrogen-bond acceptors (Lipinski definition) is 15. The number of rotatable bonds is 34. The molecule has 0 radical (unpaired) electrons. The van der Waals surface area contributed by atoms with E-state index in [0.29, 0.717) is 12.8 Å². The molecule has 0 aliphatic heterocycles. The lowest BCUT2D eigenvalue weighted by atomic mass is 10.0. The molecular weight excluding hydrogens is 880 g/mol. The van der Waals surface area contributed by atoms with E-state index in [4.69, 9.17) is 33.8 Å². The lowest BCUT2D eigenvalue weighted by molar-refractivity contribution is -0.147. The Balaban J connectivity index is 6.20. The van der Waals surface area contributed by atoms with Crippen LogP contribution in [0.4, 0.5) is 0 Å². The van der Waals surface area contributed by atoms with Gasteiger partial charge in [0.2, 0.25) is 53.2 Å². The van der Waals surface area contributed by atoms with Gasteiger partial charge in [-0.25, -0.2) is 4.79 Å². The van der Waals surface area contributed by atoms with Crippen molar-refractivity contribution in [3.8, 4) is 0 Å². The normalized spacial score (nSPS) is 13.4. The first kappa shape index (κ1) is 58.8. The molecule has 0 spiro atoms. The lowest BCUT2D eigenvalue weighted by Gasteiger charge is -2.25. The van der Waals surface area contributed by atoms with Crippen LogP contribution in [0, 0.1) is 5.92 Å². The molecule has 29 nitrogen and oxygen atoms in total. The van der Waals surface area contributed by atoms with Crippen LogP contribution in [0.3, 0.4) is 0 Å². The SMILES string of the molecule is CC(C)C[C@H](NC(=O)CN)C(=O)N[C@@H](CCCCN)C(=O)NCC(=O)N[C@@H](CCC(=O)O)C(=O)N[C@@H](CC(N)=O)C(=O)N[C@@H](CCCN=C(N)N)C(=O)NCC(=O)N[C@@H](CC(=O)O)C(=O)O. The summed E-state index contributed by atoms with van der Waals surface area (Å²) in [5, 5.41) is 45.6. The van der Waals surface area contributed by atoms with Gasteiger partial charge in [0, 0.05) is 13.0 Å². The largest absolute Gasteiger partial charge is 0.481 e. The number of nitrogens with zero attached hydrogens (tertiary/aromatic N) is 1. The van der Waals surface area contributed by atoms with E-state index < -0.39 is 153 Å². The predicted octanol–water partition coefficient (Wildman–Crippen LogP) is -7.39. The van der Waals surface area contributed by atoms with Crippen molar-refractivity contribution in [2.45, 2.75) is 114 Å². The van der Waals surface area contributed by atoms with Gasteiger partial charge >= 0.3 is 17.9 Å². The molecule has 0 saturated carbocycles. The average molecular weight is 945 g/mol. The zero-order valence-corrected chi connectivity index (χ0v) is 36.7. The molecule has 6 atom stereocenters. The van der Waals surface area contributed by atoms with E-state index in [1.165, 1.54) is 0 Å². The first-order chi connectivity index (χ1) is 30.9. The molecule has 0 saturated heterocycles. The van der Waals surface area contributed by atoms with E-state index >= 15 is 0 Å². The second-order valence-corrected chi connectivity index (χ2v) is 15.1. The van der Waals surface area contributed by atoms with E-state index in [9.17, 15) is 67.7 Å². The second kappa shape index (κ2) is 31.6. The maximum absolute atomic E-state index is 13.5. The van der Waals surface area contributed by atoms with Gasteiger partial charge in [-0.15, -0.1) is 0 Å². The summed E-state index contributed by atoms with van der Waals surface area (Å²) in [6.07, 6.45) is -2.30. The standard InChI is InChI=1S/C37H64N14O15/c1-18(2)12-22(47-26(53)15-39)34(63)49-19(6-3-4-10-38)31(60)44-16-27(54)46-21(8-9-29(56)57)33(62)51-23(13-25(40)52)35(64)50-20(7-5-11-43-37(41)42)32(61)45-17-28(55)48-24(36(65)66)14-30(58)59/h18-24H,3-17,38-39H2,1-2H3,(H2,40,52)(H,44,60)(H,45,61)(H,46,54)(H,47,53)(H,48,55)(H,49,63)(H,50,64)(H,51,62)(H,56,57)(H,58,59)(H,65,66)(H4,41,42,43)/t19-,20-,21-,22-,23-,24-/m0/s1. The highest BCUT2D eigenvalue weighted by molar-refractivity contribution is 5.98. The minimum absolute atomic E-state index is 0.0152. The van der Waals surface area contributed by atoms with Crippen LogP contribution in [0.15, 0.2) is 4.99 Å². The number of hydrogen-bond donors (Lipinski definition) is 16. The van der Waals surface area contributed by atoms with Crippen LogP contribution in [0.5, 0.6) is 0 Å². The molecule has 0 aliphatic rings. The Morgan fingerprint density at radius 3 is 1.44 bits per heavy atom. The fraction of sp³-hybridized carbons (Fsp3) is 0.649. The third kappa shape index (κ3) is 26.5. The van der Waals surface area contributed by atoms with Gasteiger partial charge in [0.25, 0.3) is 0 Å². The van der Waals surface area contributed by atoms with Crippen molar-refractivity contribution >= 4 is 77.0 Å². The summed E-state index contributed by atoms with van der Waals surface area (Å²) >= 11 is 0. The van der Waals surface area contributed by atoms with Gasteiger partial charge in [-0.1, -0.05) is 13.8 Å². The van der Waals surface area contributed by atoms with Crippen LogP contribution in [-0.2, 0) is 57.5 Å². The smallest absolute Gasteiger partial charge is 0.326 e. The fourth-order valence-corrected chi connectivity index (χ4v) is 5.70. The van der Waals surface area contributed by atoms with Gasteiger partial charge in [-0.3, -0.25) is 57.7 Å². The Labute approximate surface area is 378 Å². The third-order valence-electron chi connectivity index (χ3n) is 8.90. The Bertz CT molecular complexity index is 1760. The lowest BCUT2D eigenvalue weighted by Crippen LogP contribution is -2.58. The summed E-state index contributed by atoms with van der Waals surface area (Å²) in [6.45, 7) is 1.70. The highest BCUT2D eigenvalue weighted by Crippen LogP contribution is 2.09. The number of carbonyl (C=O) groups excluding carboxylic acids is 9. The van der Waals surface area contributed by atoms with E-state index in [1.54, 1.807) is 13.8 Å². The van der Waals surface area contributed by atoms with Gasteiger partial charge in [-0.2, -0.15) is 0 Å². The van der Waals surface area contributed by atoms with Crippen LogP contribution in [0.1, 0.15) is 78.1 Å². The van der Waals surface area contributed by atoms with Gasteiger partial charge in [0.15, 0.2) is 5.96 Å². The van der Waals surface area contributed by atoms with Gasteiger partial charge in [-0.05, 0) is 57.4 Å². The van der Waals surface area contributed by atoms with E-state index in [-0.39, 0.29) is 50.7 Å². The number of nitrogens with one attached hydrogen (secondary N) is 8. The van der Waals surface area contributed by atoms with Crippen molar-refractivity contribution < 1.29 is 72.9 Å². The van der Waals surface area contributed by atoms with Crippen molar-refractivity contribution in [1.29, 1.82) is 0 Å². The van der Waals surface area contributed by atoms with Crippen LogP contribution in [-0.4, -0.2) is 161 Å². The molecule has 372 valence electrons. The number of nitrogens with two attached hydrogens (primary N) is 5. The molecule has 0 fully saturated rings. The Kier molecular flexibility index (Phi) is 28.2. The molecule has 0 aromatic heterocycles. The number of guanidine groups is 1. The topological polar surface area (TPSA) is 504 Å². The summed E-state index contributed by atoms with van der Waals surface area (Å²) in [7, 11) is 0. The molecule has 0 heterocycles. The predicted molar refractivity (Wildman–Crippen MR) is 229 cm³/mol. The summed E-state index contributed by atoms with van der Waals surface area (Å²) < 4.78 is 0. The molecule has 0 unspecified atom stereocenters. The number of carboxylic acids is 3. The van der Waals surface area contributed by atoms with Gasteiger partial charge in [0.1, 0.15) is 36.3 Å². The third-order valence-corrected chi connectivity index (χ3v) is 8.90. The molecule has 9 amide bonds. The Morgan fingerprint density at radius 2 is 0.985 bits per heavy atom. The Hall–Kier alpha value is -7.17. The first-order valence-electron chi connectivity index (χ1n) is 20.6. The van der Waals surface area contributed by atoms with E-state index in [0.717, 1.165) is 0 Å². The number of carbonyl (C=O) groups is 12. The van der Waals surface area contributed by atoms with E-state index in [2.05, 4.69) is 42.2 Å². The maximum Gasteiger partial charge on any atom is 0.326 e. The number of aliphatic imine (C=N–C) groups is 1. The number of amides is 9. The number of primary amides is 1. The highest BCUT2D eigenvalue weighted by atomic mass is 16.4. The maximum atomic E-state index is 13.5. The van der Waals surface area contributed by atoms with E-state index in [1.807, 2.05) is 5.32 Å². The Morgan fingerprint density at radius 1 is 0.515 bits per heavy atom. The van der Waals surface area contributed by atoms with Crippen molar-refractivity contribution in [3.05, 3.63) is 0 Å². The van der Waals surface area contributed by atoms with Crippen LogP contribution in [0.2, 0.25) is 0 Å². The van der Waals surface area contributed by atoms with Crippen molar-refractivity contribution in [2.24, 2.45) is 39.6 Å². The summed E-state index contributed by atoms with van der Waals surface area (Å²) in [4.78, 5) is 154. The van der Waals surface area contributed by atoms with Gasteiger partial charge < -0.3 is 86.5 Å². The zero-order valence-electron chi connectivity index (χ0n) is 36.7. The highest BCUT2D eigenvalue weighted by Gasteiger charge is 2.32. The molecular formula is C37H64N14O15. The average Bonchev–Trinajstić information content (AvgIpc) is 3.22. The van der Waals surface area contributed by atoms with Crippen molar-refractivity contribution in [1.82, 2.24) is 42.5 Å².